The summed E-state index contributed by atoms with van der Waals surface area (Å²) >= 11 is 0. The molecule has 1 aromatic carbocycles. The number of aliphatic hydroxyl groups is 1. The summed E-state index contributed by atoms with van der Waals surface area (Å²) in [7, 11) is 0. The molecule has 1 heterocycles. The number of nitrogens with zero attached hydrogens (tertiary/aromatic N) is 1. The van der Waals surface area contributed by atoms with Crippen LogP contribution in [0.1, 0.15) is 15.9 Å². The standard InChI is InChI=1S/C15H10F2N2O2/c16-12-4-1-5-13(14(12)17)19-15(21)11-6-7-18-9-10(11)3-2-8-20/h1,4-7,9,20H,8H2,(H,19,21). The van der Waals surface area contributed by atoms with Crippen LogP contribution in [0.5, 0.6) is 0 Å². The van der Waals surface area contributed by atoms with Gasteiger partial charge in [-0.15, -0.1) is 0 Å². The zero-order valence-corrected chi connectivity index (χ0v) is 10.7. The van der Waals surface area contributed by atoms with Crippen LogP contribution in [-0.2, 0) is 0 Å². The van der Waals surface area contributed by atoms with Gasteiger partial charge in [0.15, 0.2) is 11.6 Å². The summed E-state index contributed by atoms with van der Waals surface area (Å²) in [5.41, 5.74) is 0.161. The molecule has 1 amide bonds. The second kappa shape index (κ2) is 6.59. The van der Waals surface area contributed by atoms with Crippen molar-refractivity contribution < 1.29 is 18.7 Å². The summed E-state index contributed by atoms with van der Waals surface area (Å²) in [6, 6.07) is 4.88. The zero-order valence-electron chi connectivity index (χ0n) is 10.7. The van der Waals surface area contributed by atoms with Crippen LogP contribution in [0.15, 0.2) is 36.7 Å². The van der Waals surface area contributed by atoms with E-state index in [-0.39, 0.29) is 23.4 Å². The number of halogens is 2. The molecule has 0 saturated heterocycles. The van der Waals surface area contributed by atoms with Crippen molar-refractivity contribution in [1.82, 2.24) is 4.98 Å². The molecule has 4 nitrogen and oxygen atoms in total. The minimum Gasteiger partial charge on any atom is -0.384 e. The normalized spacial score (nSPS) is 9.67. The number of aliphatic hydroxyl groups excluding tert-OH is 1. The monoisotopic (exact) mass is 288 g/mol. The van der Waals surface area contributed by atoms with Gasteiger partial charge in [-0.25, -0.2) is 8.78 Å². The lowest BCUT2D eigenvalue weighted by atomic mass is 10.1. The highest BCUT2D eigenvalue weighted by Gasteiger charge is 2.14. The first-order valence-corrected chi connectivity index (χ1v) is 5.92. The van der Waals surface area contributed by atoms with Gasteiger partial charge in [-0.2, -0.15) is 0 Å². The Balaban J connectivity index is 2.31. The second-order valence-corrected chi connectivity index (χ2v) is 3.94. The van der Waals surface area contributed by atoms with E-state index in [1.165, 1.54) is 30.6 Å². The van der Waals surface area contributed by atoms with Crippen molar-refractivity contribution in [2.45, 2.75) is 0 Å². The molecule has 0 aliphatic carbocycles. The second-order valence-electron chi connectivity index (χ2n) is 3.94. The minimum absolute atomic E-state index is 0.148. The number of carbonyl (C=O) groups is 1. The van der Waals surface area contributed by atoms with E-state index in [4.69, 9.17) is 5.11 Å². The van der Waals surface area contributed by atoms with Crippen LogP contribution >= 0.6 is 0 Å². The molecule has 0 saturated carbocycles. The summed E-state index contributed by atoms with van der Waals surface area (Å²) in [4.78, 5) is 15.9. The molecule has 0 atom stereocenters. The number of amides is 1. The van der Waals surface area contributed by atoms with Crippen molar-refractivity contribution in [3.63, 3.8) is 0 Å². The number of aromatic nitrogens is 1. The summed E-state index contributed by atoms with van der Waals surface area (Å²) < 4.78 is 26.6. The highest BCUT2D eigenvalue weighted by atomic mass is 19.2. The third-order valence-corrected chi connectivity index (χ3v) is 2.57. The van der Waals surface area contributed by atoms with Gasteiger partial charge in [0, 0.05) is 12.4 Å². The van der Waals surface area contributed by atoms with Gasteiger partial charge < -0.3 is 10.4 Å². The first-order chi connectivity index (χ1) is 10.1. The molecule has 21 heavy (non-hydrogen) atoms. The molecule has 0 fully saturated rings. The molecule has 2 aromatic rings. The molecule has 0 radical (unpaired) electrons. The van der Waals surface area contributed by atoms with Gasteiger partial charge in [-0.3, -0.25) is 9.78 Å². The highest BCUT2D eigenvalue weighted by Crippen LogP contribution is 2.18. The van der Waals surface area contributed by atoms with Crippen LogP contribution in [0.4, 0.5) is 14.5 Å². The molecule has 0 spiro atoms. The Hall–Kier alpha value is -2.78. The van der Waals surface area contributed by atoms with Crippen molar-refractivity contribution in [2.24, 2.45) is 0 Å². The van der Waals surface area contributed by atoms with Crippen LogP contribution < -0.4 is 5.32 Å². The Morgan fingerprint density at radius 2 is 2.14 bits per heavy atom. The molecule has 2 N–H and O–H groups in total. The number of carbonyl (C=O) groups excluding carboxylic acids is 1. The van der Waals surface area contributed by atoms with E-state index >= 15 is 0 Å². The van der Waals surface area contributed by atoms with Crippen molar-refractivity contribution in [2.75, 3.05) is 11.9 Å². The van der Waals surface area contributed by atoms with E-state index in [9.17, 15) is 13.6 Å². The van der Waals surface area contributed by atoms with Crippen LogP contribution in [-0.4, -0.2) is 22.6 Å². The van der Waals surface area contributed by atoms with Gasteiger partial charge in [0.05, 0.1) is 16.8 Å². The number of rotatable bonds is 2. The first-order valence-electron chi connectivity index (χ1n) is 5.92. The van der Waals surface area contributed by atoms with Gasteiger partial charge in [0.1, 0.15) is 6.61 Å². The van der Waals surface area contributed by atoms with E-state index in [1.807, 2.05) is 0 Å². The lowest BCUT2D eigenvalue weighted by Gasteiger charge is -2.08. The van der Waals surface area contributed by atoms with E-state index in [0.29, 0.717) is 0 Å². The lowest BCUT2D eigenvalue weighted by Crippen LogP contribution is -2.15. The molecule has 0 aliphatic heterocycles. The molecule has 1 aromatic heterocycles. The van der Waals surface area contributed by atoms with Crippen LogP contribution in [0.2, 0.25) is 0 Å². The predicted octanol–water partition coefficient (Wildman–Crippen LogP) is 1.96. The fraction of sp³-hybridized carbons (Fsp3) is 0.0667. The number of pyridine rings is 1. The Labute approximate surface area is 119 Å². The average Bonchev–Trinajstić information content (AvgIpc) is 2.50. The average molecular weight is 288 g/mol. The molecular weight excluding hydrogens is 278 g/mol. The van der Waals surface area contributed by atoms with Crippen molar-refractivity contribution in [3.05, 3.63) is 59.4 Å². The summed E-state index contributed by atoms with van der Waals surface area (Å²) in [5.74, 6) is 2.12. The quantitative estimate of drug-likeness (QED) is 0.830. The summed E-state index contributed by atoms with van der Waals surface area (Å²) in [6.45, 7) is -0.367. The molecule has 2 rings (SSSR count). The molecule has 6 heteroatoms. The fourth-order valence-electron chi connectivity index (χ4n) is 1.62. The Morgan fingerprint density at radius 3 is 2.90 bits per heavy atom. The van der Waals surface area contributed by atoms with Crippen molar-refractivity contribution in [3.8, 4) is 11.8 Å². The van der Waals surface area contributed by atoms with Gasteiger partial charge >= 0.3 is 0 Å². The maximum Gasteiger partial charge on any atom is 0.257 e. The lowest BCUT2D eigenvalue weighted by molar-refractivity contribution is 0.102. The van der Waals surface area contributed by atoms with Gasteiger partial charge in [-0.05, 0) is 18.2 Å². The maximum atomic E-state index is 13.5. The van der Waals surface area contributed by atoms with Gasteiger partial charge in [0.25, 0.3) is 5.91 Å². The fourth-order valence-corrected chi connectivity index (χ4v) is 1.62. The zero-order chi connectivity index (χ0) is 15.2. The van der Waals surface area contributed by atoms with Gasteiger partial charge in [0.2, 0.25) is 0 Å². The molecular formula is C15H10F2N2O2. The van der Waals surface area contributed by atoms with E-state index in [0.717, 1.165) is 6.07 Å². The summed E-state index contributed by atoms with van der Waals surface area (Å²) in [6.07, 6.45) is 2.72. The first kappa shape index (κ1) is 14.6. The van der Waals surface area contributed by atoms with Crippen LogP contribution in [0.25, 0.3) is 0 Å². The third kappa shape index (κ3) is 3.41. The number of hydrogen-bond donors (Lipinski definition) is 2. The third-order valence-electron chi connectivity index (χ3n) is 2.57. The number of benzene rings is 1. The Morgan fingerprint density at radius 1 is 1.33 bits per heavy atom. The van der Waals surface area contributed by atoms with E-state index in [1.54, 1.807) is 0 Å². The highest BCUT2D eigenvalue weighted by molar-refractivity contribution is 6.05. The largest absolute Gasteiger partial charge is 0.384 e. The van der Waals surface area contributed by atoms with E-state index in [2.05, 4.69) is 22.1 Å². The van der Waals surface area contributed by atoms with Crippen LogP contribution in [0, 0.1) is 23.5 Å². The van der Waals surface area contributed by atoms with Gasteiger partial charge in [-0.1, -0.05) is 17.9 Å². The number of anilines is 1. The van der Waals surface area contributed by atoms with Crippen molar-refractivity contribution >= 4 is 11.6 Å². The molecule has 0 aliphatic rings. The number of nitrogens with one attached hydrogen (secondary N) is 1. The van der Waals surface area contributed by atoms with Crippen LogP contribution in [0.3, 0.4) is 0 Å². The summed E-state index contributed by atoms with van der Waals surface area (Å²) in [5, 5.41) is 10.9. The van der Waals surface area contributed by atoms with E-state index < -0.39 is 17.5 Å². The number of hydrogen-bond acceptors (Lipinski definition) is 3. The maximum absolute atomic E-state index is 13.5. The molecule has 0 unspecified atom stereocenters. The SMILES string of the molecule is O=C(Nc1cccc(F)c1F)c1ccncc1C#CCO. The van der Waals surface area contributed by atoms with Crippen molar-refractivity contribution in [1.29, 1.82) is 0 Å². The topological polar surface area (TPSA) is 62.2 Å². The Kier molecular flexibility index (Phi) is 4.59. The molecule has 0 bridgehead atoms. The Bertz CT molecular complexity index is 736. The molecule has 106 valence electrons. The predicted molar refractivity (Wildman–Crippen MR) is 72.5 cm³/mol. The smallest absolute Gasteiger partial charge is 0.257 e. The minimum atomic E-state index is -1.14.